The van der Waals surface area contributed by atoms with E-state index in [0.717, 1.165) is 12.3 Å². The lowest BCUT2D eigenvalue weighted by Gasteiger charge is -2.21. The smallest absolute Gasteiger partial charge is 0.191 e. The first-order valence-corrected chi connectivity index (χ1v) is 5.48. The molecule has 0 amide bonds. The average molecular weight is 219 g/mol. The third kappa shape index (κ3) is 1.96. The van der Waals surface area contributed by atoms with Crippen molar-refractivity contribution in [3.63, 3.8) is 0 Å². The van der Waals surface area contributed by atoms with Gasteiger partial charge >= 0.3 is 0 Å². The van der Waals surface area contributed by atoms with Crippen LogP contribution in [0.1, 0.15) is 18.5 Å². The van der Waals surface area contributed by atoms with Crippen LogP contribution in [0.4, 0.5) is 0 Å². The van der Waals surface area contributed by atoms with Crippen molar-refractivity contribution in [1.82, 2.24) is 4.90 Å². The Balaban J connectivity index is 2.11. The summed E-state index contributed by atoms with van der Waals surface area (Å²) < 4.78 is 5.40. The van der Waals surface area contributed by atoms with Gasteiger partial charge in [0.1, 0.15) is 5.75 Å². The highest BCUT2D eigenvalue weighted by Crippen LogP contribution is 2.25. The predicted octanol–water partition coefficient (Wildman–Crippen LogP) is 1.39. The molecule has 0 radical (unpaired) electrons. The summed E-state index contributed by atoms with van der Waals surface area (Å²) in [5.74, 6) is 1.51. The SMILES string of the molecule is CCOc1ccc(C2CN=C(N)N2C)cc1. The van der Waals surface area contributed by atoms with E-state index in [4.69, 9.17) is 10.5 Å². The molecule has 1 unspecified atom stereocenters. The van der Waals surface area contributed by atoms with Crippen LogP contribution in [0, 0.1) is 0 Å². The molecule has 16 heavy (non-hydrogen) atoms. The van der Waals surface area contributed by atoms with Gasteiger partial charge < -0.3 is 15.4 Å². The molecule has 1 atom stereocenters. The van der Waals surface area contributed by atoms with Crippen LogP contribution >= 0.6 is 0 Å². The molecular weight excluding hydrogens is 202 g/mol. The van der Waals surface area contributed by atoms with Crippen molar-refractivity contribution in [2.24, 2.45) is 10.7 Å². The maximum Gasteiger partial charge on any atom is 0.191 e. The van der Waals surface area contributed by atoms with E-state index in [1.54, 1.807) is 0 Å². The largest absolute Gasteiger partial charge is 0.494 e. The first-order valence-electron chi connectivity index (χ1n) is 5.48. The van der Waals surface area contributed by atoms with Crippen molar-refractivity contribution >= 4 is 5.96 Å². The molecule has 0 spiro atoms. The highest BCUT2D eigenvalue weighted by molar-refractivity contribution is 5.80. The Morgan fingerprint density at radius 2 is 2.12 bits per heavy atom. The minimum atomic E-state index is 0.260. The van der Waals surface area contributed by atoms with E-state index < -0.39 is 0 Å². The molecule has 2 N–H and O–H groups in total. The van der Waals surface area contributed by atoms with Crippen molar-refractivity contribution in [3.05, 3.63) is 29.8 Å². The van der Waals surface area contributed by atoms with Gasteiger partial charge in [0, 0.05) is 7.05 Å². The summed E-state index contributed by atoms with van der Waals surface area (Å²) in [5.41, 5.74) is 6.95. The molecule has 1 aliphatic heterocycles. The average Bonchev–Trinajstić information content (AvgIpc) is 2.62. The van der Waals surface area contributed by atoms with Gasteiger partial charge in [0.2, 0.25) is 0 Å². The molecule has 0 bridgehead atoms. The van der Waals surface area contributed by atoms with Gasteiger partial charge in [-0.25, -0.2) is 0 Å². The molecule has 1 aliphatic rings. The maximum atomic E-state index is 5.73. The number of nitrogens with zero attached hydrogens (tertiary/aromatic N) is 2. The first-order chi connectivity index (χ1) is 7.72. The van der Waals surface area contributed by atoms with E-state index in [9.17, 15) is 0 Å². The van der Waals surface area contributed by atoms with E-state index in [2.05, 4.69) is 17.1 Å². The predicted molar refractivity (Wildman–Crippen MR) is 64.6 cm³/mol. The number of guanidine groups is 1. The lowest BCUT2D eigenvalue weighted by Crippen LogP contribution is -2.32. The number of rotatable bonds is 3. The summed E-state index contributed by atoms with van der Waals surface area (Å²) in [6.07, 6.45) is 0. The third-order valence-corrected chi connectivity index (χ3v) is 2.83. The highest BCUT2D eigenvalue weighted by atomic mass is 16.5. The Bertz CT molecular complexity index is 386. The number of nitrogens with two attached hydrogens (primary N) is 1. The summed E-state index contributed by atoms with van der Waals surface area (Å²) in [6.45, 7) is 3.41. The summed E-state index contributed by atoms with van der Waals surface area (Å²) in [4.78, 5) is 6.22. The molecule has 0 saturated carbocycles. The molecule has 1 heterocycles. The number of hydrogen-bond donors (Lipinski definition) is 1. The van der Waals surface area contributed by atoms with E-state index >= 15 is 0 Å². The van der Waals surface area contributed by atoms with Crippen molar-refractivity contribution < 1.29 is 4.74 Å². The Labute approximate surface area is 95.7 Å². The fourth-order valence-electron chi connectivity index (χ4n) is 1.86. The van der Waals surface area contributed by atoms with Crippen LogP contribution in [-0.2, 0) is 0 Å². The fourth-order valence-corrected chi connectivity index (χ4v) is 1.86. The van der Waals surface area contributed by atoms with Crippen molar-refractivity contribution in [3.8, 4) is 5.75 Å². The second-order valence-electron chi connectivity index (χ2n) is 3.83. The summed E-state index contributed by atoms with van der Waals surface area (Å²) in [7, 11) is 1.97. The molecule has 0 saturated heterocycles. The number of likely N-dealkylation sites (N-methyl/N-ethyl adjacent to an activating group) is 1. The van der Waals surface area contributed by atoms with Gasteiger partial charge in [0.05, 0.1) is 19.2 Å². The Hall–Kier alpha value is -1.71. The van der Waals surface area contributed by atoms with Gasteiger partial charge in [-0.15, -0.1) is 0 Å². The van der Waals surface area contributed by atoms with Gasteiger partial charge in [-0.1, -0.05) is 12.1 Å². The van der Waals surface area contributed by atoms with Gasteiger partial charge in [0.15, 0.2) is 5.96 Å². The molecule has 2 rings (SSSR count). The van der Waals surface area contributed by atoms with Gasteiger partial charge in [-0.2, -0.15) is 0 Å². The molecule has 0 aromatic heterocycles. The zero-order valence-electron chi connectivity index (χ0n) is 9.68. The van der Waals surface area contributed by atoms with E-state index in [1.807, 2.05) is 31.0 Å². The minimum absolute atomic E-state index is 0.260. The van der Waals surface area contributed by atoms with Gasteiger partial charge in [0.25, 0.3) is 0 Å². The molecule has 4 nitrogen and oxygen atoms in total. The molecule has 0 aliphatic carbocycles. The number of aliphatic imine (C=N–C) groups is 1. The molecule has 1 aromatic rings. The quantitative estimate of drug-likeness (QED) is 0.835. The van der Waals surface area contributed by atoms with Crippen LogP contribution in [0.5, 0.6) is 5.75 Å². The lowest BCUT2D eigenvalue weighted by molar-refractivity contribution is 0.339. The molecule has 4 heteroatoms. The number of ether oxygens (including phenoxy) is 1. The number of benzene rings is 1. The Morgan fingerprint density at radius 1 is 1.44 bits per heavy atom. The lowest BCUT2D eigenvalue weighted by atomic mass is 10.1. The molecule has 0 fully saturated rings. The van der Waals surface area contributed by atoms with Gasteiger partial charge in [-0.05, 0) is 24.6 Å². The van der Waals surface area contributed by atoms with Crippen LogP contribution in [0.3, 0.4) is 0 Å². The van der Waals surface area contributed by atoms with Crippen LogP contribution < -0.4 is 10.5 Å². The topological polar surface area (TPSA) is 50.9 Å². The van der Waals surface area contributed by atoms with Crippen LogP contribution in [0.15, 0.2) is 29.3 Å². The highest BCUT2D eigenvalue weighted by Gasteiger charge is 2.23. The molecule has 1 aromatic carbocycles. The second-order valence-corrected chi connectivity index (χ2v) is 3.83. The Kier molecular flexibility index (Phi) is 2.99. The molecular formula is C12H17N3O. The van der Waals surface area contributed by atoms with Crippen LogP contribution in [0.2, 0.25) is 0 Å². The van der Waals surface area contributed by atoms with Crippen molar-refractivity contribution in [2.75, 3.05) is 20.2 Å². The van der Waals surface area contributed by atoms with E-state index in [-0.39, 0.29) is 6.04 Å². The van der Waals surface area contributed by atoms with Crippen LogP contribution in [-0.4, -0.2) is 31.1 Å². The third-order valence-electron chi connectivity index (χ3n) is 2.83. The fraction of sp³-hybridized carbons (Fsp3) is 0.417. The second kappa shape index (κ2) is 4.43. The standard InChI is InChI=1S/C12H17N3O/c1-3-16-10-6-4-9(5-7-10)11-8-14-12(13)15(11)2/h4-7,11H,3,8H2,1-2H3,(H2,13,14). The van der Waals surface area contributed by atoms with Crippen LogP contribution in [0.25, 0.3) is 0 Å². The van der Waals surface area contributed by atoms with E-state index in [0.29, 0.717) is 12.6 Å². The monoisotopic (exact) mass is 219 g/mol. The summed E-state index contributed by atoms with van der Waals surface area (Å²) >= 11 is 0. The molecule has 86 valence electrons. The van der Waals surface area contributed by atoms with E-state index in [1.165, 1.54) is 5.56 Å². The minimum Gasteiger partial charge on any atom is -0.494 e. The van der Waals surface area contributed by atoms with Crippen molar-refractivity contribution in [2.45, 2.75) is 13.0 Å². The number of hydrogen-bond acceptors (Lipinski definition) is 4. The maximum absolute atomic E-state index is 5.73. The normalized spacial score (nSPS) is 19.8. The zero-order chi connectivity index (χ0) is 11.5. The Morgan fingerprint density at radius 3 is 2.62 bits per heavy atom. The summed E-state index contributed by atoms with van der Waals surface area (Å²) in [5, 5.41) is 0. The van der Waals surface area contributed by atoms with Crippen molar-refractivity contribution in [1.29, 1.82) is 0 Å². The zero-order valence-corrected chi connectivity index (χ0v) is 9.68. The first kappa shape index (κ1) is 10.8. The van der Waals surface area contributed by atoms with Gasteiger partial charge in [-0.3, -0.25) is 4.99 Å². The summed E-state index contributed by atoms with van der Waals surface area (Å²) in [6, 6.07) is 8.37.